The van der Waals surface area contributed by atoms with Gasteiger partial charge in [-0.3, -0.25) is 4.57 Å². The van der Waals surface area contributed by atoms with Gasteiger partial charge in [-0.25, -0.2) is 9.55 Å². The second kappa shape index (κ2) is 10.2. The van der Waals surface area contributed by atoms with Crippen molar-refractivity contribution in [1.29, 1.82) is 0 Å². The van der Waals surface area contributed by atoms with Gasteiger partial charge in [0, 0.05) is 24.3 Å². The molecule has 0 spiro atoms. The van der Waals surface area contributed by atoms with E-state index in [2.05, 4.69) is 51.2 Å². The molecule has 1 aromatic carbocycles. The summed E-state index contributed by atoms with van der Waals surface area (Å²) in [7, 11) is -3.03. The van der Waals surface area contributed by atoms with Crippen molar-refractivity contribution in [3.05, 3.63) is 79.1 Å². The lowest BCUT2D eigenvalue weighted by molar-refractivity contribution is -0.692. The summed E-state index contributed by atoms with van der Waals surface area (Å²) in [5.41, 5.74) is 4.29. The first-order valence-electron chi connectivity index (χ1n) is 10.9. The van der Waals surface area contributed by atoms with Gasteiger partial charge in [-0.15, -0.1) is 0 Å². The van der Waals surface area contributed by atoms with Gasteiger partial charge in [-0.1, -0.05) is 12.1 Å². The zero-order valence-corrected chi connectivity index (χ0v) is 19.4. The molecule has 0 amide bonds. The summed E-state index contributed by atoms with van der Waals surface area (Å²) in [4.78, 5) is 8.00. The quantitative estimate of drug-likeness (QED) is 0.290. The van der Waals surface area contributed by atoms with Crippen LogP contribution in [0, 0.1) is 0 Å². The number of fused-ring (bicyclic) bond motifs is 1. The first-order valence-corrected chi connectivity index (χ1v) is 12.6. The van der Waals surface area contributed by atoms with Gasteiger partial charge < -0.3 is 14.0 Å². The Hall–Kier alpha value is -2.86. The molecule has 0 saturated carbocycles. The molecule has 32 heavy (non-hydrogen) atoms. The lowest BCUT2D eigenvalue weighted by atomic mass is 10.1. The standard InChI is InChI=1S/C24H28N4O3P/c1-3-30-32(29,31-4-2)18-17-27-13-9-20(10-14-27)21-11-15-28(16-12-21)19-24-25-22-7-5-6-8-23(22)26-24/h5-16H,3-4,17-19H2,1-2H3/q+1/p+1. The predicted molar refractivity (Wildman–Crippen MR) is 123 cm³/mol. The Morgan fingerprint density at radius 2 is 1.47 bits per heavy atom. The molecule has 0 saturated heterocycles. The van der Waals surface area contributed by atoms with Gasteiger partial charge >= 0.3 is 7.60 Å². The van der Waals surface area contributed by atoms with Crippen LogP contribution in [0.2, 0.25) is 0 Å². The first-order chi connectivity index (χ1) is 15.6. The van der Waals surface area contributed by atoms with E-state index in [1.807, 2.05) is 55.1 Å². The molecule has 0 fully saturated rings. The highest BCUT2D eigenvalue weighted by Gasteiger charge is 2.25. The summed E-state index contributed by atoms with van der Waals surface area (Å²) in [6.07, 6.45) is 8.46. The maximum atomic E-state index is 12.6. The number of rotatable bonds is 10. The van der Waals surface area contributed by atoms with Gasteiger partial charge in [-0.2, -0.15) is 4.57 Å². The van der Waals surface area contributed by atoms with Gasteiger partial charge in [0.2, 0.25) is 6.54 Å². The van der Waals surface area contributed by atoms with Crippen LogP contribution in [0.15, 0.2) is 73.3 Å². The topological polar surface area (TPSA) is 72.0 Å². The van der Waals surface area contributed by atoms with Crippen molar-refractivity contribution in [2.24, 2.45) is 0 Å². The Morgan fingerprint density at radius 3 is 2.06 bits per heavy atom. The molecule has 0 radical (unpaired) electrons. The number of pyridine rings is 2. The fourth-order valence-corrected chi connectivity index (χ4v) is 5.20. The van der Waals surface area contributed by atoms with Crippen LogP contribution in [0.25, 0.3) is 22.2 Å². The van der Waals surface area contributed by atoms with Crippen LogP contribution in [-0.4, -0.2) is 29.3 Å². The fraction of sp³-hybridized carbons (Fsp3) is 0.292. The monoisotopic (exact) mass is 452 g/mol. The van der Waals surface area contributed by atoms with Gasteiger partial charge in [0.1, 0.15) is 6.16 Å². The highest BCUT2D eigenvalue weighted by molar-refractivity contribution is 7.53. The van der Waals surface area contributed by atoms with Crippen LogP contribution in [0.3, 0.4) is 0 Å². The molecule has 1 N–H and O–H groups in total. The van der Waals surface area contributed by atoms with Crippen molar-refractivity contribution in [2.75, 3.05) is 19.4 Å². The molecule has 0 bridgehead atoms. The van der Waals surface area contributed by atoms with E-state index in [-0.39, 0.29) is 0 Å². The summed E-state index contributed by atoms with van der Waals surface area (Å²) in [6.45, 7) is 5.67. The third-order valence-electron chi connectivity index (χ3n) is 5.17. The second-order valence-corrected chi connectivity index (χ2v) is 9.64. The first kappa shape index (κ1) is 22.3. The van der Waals surface area contributed by atoms with E-state index in [0.717, 1.165) is 28.0 Å². The Kier molecular flexibility index (Phi) is 7.10. The molecule has 0 aliphatic carbocycles. The Balaban J connectivity index is 1.39. The van der Waals surface area contributed by atoms with E-state index in [1.165, 1.54) is 0 Å². The number of benzene rings is 1. The van der Waals surface area contributed by atoms with Gasteiger partial charge in [0.15, 0.2) is 37.2 Å². The predicted octanol–water partition coefficient (Wildman–Crippen LogP) is 4.12. The molecule has 0 unspecified atom stereocenters. The van der Waals surface area contributed by atoms with Gasteiger partial charge in [-0.05, 0) is 37.1 Å². The Labute approximate surface area is 188 Å². The van der Waals surface area contributed by atoms with Crippen LogP contribution in [0.1, 0.15) is 19.7 Å². The highest BCUT2D eigenvalue weighted by Crippen LogP contribution is 2.47. The van der Waals surface area contributed by atoms with Gasteiger partial charge in [0.05, 0.1) is 24.2 Å². The van der Waals surface area contributed by atoms with E-state index in [0.29, 0.717) is 32.5 Å². The minimum absolute atomic E-state index is 0.353. The van der Waals surface area contributed by atoms with E-state index in [1.54, 1.807) is 0 Å². The van der Waals surface area contributed by atoms with Crippen molar-refractivity contribution in [1.82, 2.24) is 9.97 Å². The molecule has 0 aliphatic heterocycles. The average molecular weight is 452 g/mol. The van der Waals surface area contributed by atoms with Crippen molar-refractivity contribution >= 4 is 18.6 Å². The second-order valence-electron chi connectivity index (χ2n) is 7.45. The number of aromatic nitrogens is 4. The summed E-state index contributed by atoms with van der Waals surface area (Å²) in [5.74, 6) is 0.932. The molecule has 4 aromatic rings. The van der Waals surface area contributed by atoms with Crippen LogP contribution < -0.4 is 9.13 Å². The van der Waals surface area contributed by atoms with Crippen LogP contribution in [-0.2, 0) is 26.7 Å². The number of nitrogens with one attached hydrogen (secondary N) is 1. The minimum atomic E-state index is -3.03. The third kappa shape index (κ3) is 5.49. The molecular weight excluding hydrogens is 423 g/mol. The van der Waals surface area contributed by atoms with Crippen molar-refractivity contribution < 1.29 is 22.7 Å². The molecule has 0 aliphatic rings. The zero-order chi connectivity index (χ0) is 22.4. The van der Waals surface area contributed by atoms with Crippen LogP contribution in [0.5, 0.6) is 0 Å². The number of para-hydroxylation sites is 2. The van der Waals surface area contributed by atoms with Crippen LogP contribution in [0.4, 0.5) is 0 Å². The molecular formula is C24H29N4O3P+2. The zero-order valence-electron chi connectivity index (χ0n) is 18.5. The van der Waals surface area contributed by atoms with Crippen molar-refractivity contribution in [2.45, 2.75) is 26.9 Å². The molecule has 4 rings (SSSR count). The maximum absolute atomic E-state index is 12.6. The summed E-state index contributed by atoms with van der Waals surface area (Å²) in [5, 5.41) is 0. The number of H-pyrrole nitrogens is 1. The average Bonchev–Trinajstić information content (AvgIpc) is 3.21. The maximum Gasteiger partial charge on any atom is 0.337 e. The SMILES string of the molecule is CCOP(=O)(CC[n+]1ccc(-c2cc[n+](Cc3nc4ccccc4[nH]3)cc2)cc1)OCC. The van der Waals surface area contributed by atoms with E-state index < -0.39 is 7.60 Å². The highest BCUT2D eigenvalue weighted by atomic mass is 31.2. The summed E-state index contributed by atoms with van der Waals surface area (Å²) < 4.78 is 27.5. The molecule has 166 valence electrons. The number of hydrogen-bond acceptors (Lipinski definition) is 4. The smallest absolute Gasteiger partial charge is 0.337 e. The molecule has 7 nitrogen and oxygen atoms in total. The molecule has 0 atom stereocenters. The molecule has 3 heterocycles. The van der Waals surface area contributed by atoms with E-state index in [9.17, 15) is 4.57 Å². The lowest BCUT2D eigenvalue weighted by Gasteiger charge is -2.15. The normalized spacial score (nSPS) is 11.8. The number of nitrogens with zero attached hydrogens (tertiary/aromatic N) is 3. The molecule has 3 aromatic heterocycles. The van der Waals surface area contributed by atoms with E-state index in [4.69, 9.17) is 9.05 Å². The largest absolute Gasteiger partial charge is 0.337 e. The Bertz CT molecular complexity index is 1160. The number of hydrogen-bond donors (Lipinski definition) is 1. The van der Waals surface area contributed by atoms with Crippen molar-refractivity contribution in [3.63, 3.8) is 0 Å². The van der Waals surface area contributed by atoms with E-state index >= 15 is 0 Å². The third-order valence-corrected chi connectivity index (χ3v) is 7.22. The Morgan fingerprint density at radius 1 is 0.875 bits per heavy atom. The van der Waals surface area contributed by atoms with Crippen LogP contribution >= 0.6 is 7.60 Å². The fourth-order valence-electron chi connectivity index (χ4n) is 3.61. The number of aryl methyl sites for hydroxylation is 1. The number of imidazole rings is 1. The molecule has 8 heteroatoms. The number of aromatic amines is 1. The summed E-state index contributed by atoms with van der Waals surface area (Å²) in [6, 6.07) is 16.4. The summed E-state index contributed by atoms with van der Waals surface area (Å²) >= 11 is 0. The lowest BCUT2D eigenvalue weighted by Crippen LogP contribution is -2.34. The van der Waals surface area contributed by atoms with Crippen molar-refractivity contribution in [3.8, 4) is 11.1 Å². The van der Waals surface area contributed by atoms with Gasteiger partial charge in [0.25, 0.3) is 0 Å². The minimum Gasteiger partial charge on any atom is -0.337 e.